The summed E-state index contributed by atoms with van der Waals surface area (Å²) in [5.74, 6) is 0.926. The molecule has 0 aliphatic rings. The molecule has 7 heteroatoms. The van der Waals surface area contributed by atoms with Crippen LogP contribution in [0.2, 0.25) is 0 Å². The van der Waals surface area contributed by atoms with Gasteiger partial charge in [0.25, 0.3) is 5.56 Å². The average molecular weight is 273 g/mol. The van der Waals surface area contributed by atoms with E-state index < -0.39 is 0 Å². The lowest BCUT2D eigenvalue weighted by molar-refractivity contribution is 0.340. The molecule has 0 amide bonds. The molecule has 0 spiro atoms. The quantitative estimate of drug-likeness (QED) is 0.633. The van der Waals surface area contributed by atoms with Crippen molar-refractivity contribution in [2.45, 2.75) is 13.8 Å². The van der Waals surface area contributed by atoms with Crippen LogP contribution in [-0.2, 0) is 0 Å². The summed E-state index contributed by atoms with van der Waals surface area (Å²) in [4.78, 5) is 13.9. The fourth-order valence-corrected chi connectivity index (χ4v) is 1.48. The number of nitrogens with one attached hydrogen (secondary N) is 2. The maximum absolute atomic E-state index is 11.3. The molecule has 0 saturated carbocycles. The van der Waals surface area contributed by atoms with Gasteiger partial charge < -0.3 is 4.74 Å². The minimum absolute atomic E-state index is 0.186. The summed E-state index contributed by atoms with van der Waals surface area (Å²) in [5.41, 5.74) is 3.45. The van der Waals surface area contributed by atoms with Crippen LogP contribution in [0.5, 0.6) is 5.75 Å². The number of H-pyrrole nitrogens is 1. The van der Waals surface area contributed by atoms with Crippen molar-refractivity contribution in [1.29, 1.82) is 0 Å². The number of ether oxygens (including phenoxy) is 1. The fourth-order valence-electron chi connectivity index (χ4n) is 1.48. The number of benzene rings is 1. The highest BCUT2D eigenvalue weighted by molar-refractivity contribution is 5.83. The molecule has 2 N–H and O–H groups in total. The standard InChI is InChI=1S/C13H15N5O2/c1-3-20-11-7-5-4-6-10(11)8-14-17-13-15-12(19)9(2)16-18-13/h4-8H,3H2,1-2H3,(H2,15,17,18,19)/b14-8-. The van der Waals surface area contributed by atoms with Crippen molar-refractivity contribution in [3.8, 4) is 5.75 Å². The number of aromatic amines is 1. The smallest absolute Gasteiger partial charge is 0.274 e. The normalized spacial score (nSPS) is 10.7. The second-order valence-electron chi connectivity index (χ2n) is 3.93. The van der Waals surface area contributed by atoms with Crippen molar-refractivity contribution in [2.75, 3.05) is 12.0 Å². The summed E-state index contributed by atoms with van der Waals surface area (Å²) in [6, 6.07) is 7.51. The maximum atomic E-state index is 11.3. The third-order valence-electron chi connectivity index (χ3n) is 2.45. The predicted molar refractivity (Wildman–Crippen MR) is 76.2 cm³/mol. The highest BCUT2D eigenvalue weighted by atomic mass is 16.5. The molecule has 0 aliphatic carbocycles. The molecule has 20 heavy (non-hydrogen) atoms. The van der Waals surface area contributed by atoms with Gasteiger partial charge in [-0.25, -0.2) is 5.43 Å². The van der Waals surface area contributed by atoms with E-state index in [0.29, 0.717) is 12.3 Å². The van der Waals surface area contributed by atoms with Crippen LogP contribution in [0.15, 0.2) is 34.2 Å². The fraction of sp³-hybridized carbons (Fsp3) is 0.231. The highest BCUT2D eigenvalue weighted by Gasteiger charge is 2.00. The molecule has 2 aromatic rings. The van der Waals surface area contributed by atoms with E-state index in [0.717, 1.165) is 11.3 Å². The van der Waals surface area contributed by atoms with Gasteiger partial charge in [0, 0.05) is 5.56 Å². The minimum Gasteiger partial charge on any atom is -0.493 e. The Balaban J connectivity index is 2.10. The van der Waals surface area contributed by atoms with Crippen molar-refractivity contribution < 1.29 is 4.74 Å². The number of hydrogen-bond donors (Lipinski definition) is 2. The SMILES string of the molecule is CCOc1ccccc1/C=N\Nc1nnc(C)c(=O)[nH]1. The molecule has 7 nitrogen and oxygen atoms in total. The van der Waals surface area contributed by atoms with Crippen LogP contribution in [0.4, 0.5) is 5.95 Å². The van der Waals surface area contributed by atoms with Crippen molar-refractivity contribution in [2.24, 2.45) is 5.10 Å². The van der Waals surface area contributed by atoms with Gasteiger partial charge in [0.1, 0.15) is 11.4 Å². The zero-order chi connectivity index (χ0) is 14.4. The largest absolute Gasteiger partial charge is 0.493 e. The van der Waals surface area contributed by atoms with Gasteiger partial charge in [-0.2, -0.15) is 5.10 Å². The van der Waals surface area contributed by atoms with Crippen LogP contribution in [0.25, 0.3) is 0 Å². The molecule has 0 saturated heterocycles. The van der Waals surface area contributed by atoms with E-state index in [9.17, 15) is 4.79 Å². The minimum atomic E-state index is -0.299. The van der Waals surface area contributed by atoms with Gasteiger partial charge in [-0.3, -0.25) is 9.78 Å². The molecule has 0 fully saturated rings. The maximum Gasteiger partial charge on any atom is 0.274 e. The molecule has 1 heterocycles. The molecule has 0 atom stereocenters. The molecule has 1 aromatic carbocycles. The second-order valence-corrected chi connectivity index (χ2v) is 3.93. The number of anilines is 1. The number of nitrogens with zero attached hydrogens (tertiary/aromatic N) is 3. The number of rotatable bonds is 5. The monoisotopic (exact) mass is 273 g/mol. The Bertz CT molecular complexity index is 666. The van der Waals surface area contributed by atoms with E-state index in [1.807, 2.05) is 31.2 Å². The molecule has 0 bridgehead atoms. The van der Waals surface area contributed by atoms with Crippen molar-refractivity contribution in [3.63, 3.8) is 0 Å². The van der Waals surface area contributed by atoms with Crippen LogP contribution in [0.3, 0.4) is 0 Å². The van der Waals surface area contributed by atoms with E-state index in [1.165, 1.54) is 0 Å². The summed E-state index contributed by atoms with van der Waals surface area (Å²) in [5, 5.41) is 11.5. The first-order valence-corrected chi connectivity index (χ1v) is 6.15. The Hall–Kier alpha value is -2.70. The molecule has 1 aromatic heterocycles. The molecule has 0 radical (unpaired) electrons. The molecule has 2 rings (SSSR count). The third-order valence-corrected chi connectivity index (χ3v) is 2.45. The van der Waals surface area contributed by atoms with Crippen LogP contribution in [0.1, 0.15) is 18.2 Å². The summed E-state index contributed by atoms with van der Waals surface area (Å²) in [6.07, 6.45) is 1.59. The van der Waals surface area contributed by atoms with Crippen molar-refractivity contribution >= 4 is 12.2 Å². The van der Waals surface area contributed by atoms with Crippen LogP contribution in [0, 0.1) is 6.92 Å². The average Bonchev–Trinajstić information content (AvgIpc) is 2.45. The number of hydrazone groups is 1. The van der Waals surface area contributed by atoms with Crippen LogP contribution in [-0.4, -0.2) is 28.0 Å². The molecular formula is C13H15N5O2. The Morgan fingerprint density at radius 2 is 2.20 bits per heavy atom. The number of hydrogen-bond acceptors (Lipinski definition) is 6. The topological polar surface area (TPSA) is 92.3 Å². The van der Waals surface area contributed by atoms with Gasteiger partial charge in [-0.05, 0) is 26.0 Å². The van der Waals surface area contributed by atoms with Gasteiger partial charge in [0.2, 0.25) is 5.95 Å². The summed E-state index contributed by atoms with van der Waals surface area (Å²) in [6.45, 7) is 4.07. The number of aromatic nitrogens is 3. The van der Waals surface area contributed by atoms with E-state index in [2.05, 4.69) is 25.7 Å². The molecule has 0 unspecified atom stereocenters. The second kappa shape index (κ2) is 6.46. The van der Waals surface area contributed by atoms with Gasteiger partial charge in [0.05, 0.1) is 12.8 Å². The number of aryl methyl sites for hydroxylation is 1. The Morgan fingerprint density at radius 3 is 2.95 bits per heavy atom. The van der Waals surface area contributed by atoms with Crippen LogP contribution >= 0.6 is 0 Å². The van der Waals surface area contributed by atoms with Gasteiger partial charge >= 0.3 is 0 Å². The van der Waals surface area contributed by atoms with E-state index in [-0.39, 0.29) is 11.5 Å². The van der Waals surface area contributed by atoms with Crippen LogP contribution < -0.4 is 15.7 Å². The van der Waals surface area contributed by atoms with Gasteiger partial charge in [-0.1, -0.05) is 12.1 Å². The van der Waals surface area contributed by atoms with Crippen molar-refractivity contribution in [3.05, 3.63) is 45.9 Å². The van der Waals surface area contributed by atoms with Gasteiger partial charge in [-0.15, -0.1) is 10.2 Å². The first-order valence-electron chi connectivity index (χ1n) is 6.15. The zero-order valence-corrected chi connectivity index (χ0v) is 11.3. The lowest BCUT2D eigenvalue weighted by Gasteiger charge is -2.05. The predicted octanol–water partition coefficient (Wildman–Crippen LogP) is 1.32. The lowest BCUT2D eigenvalue weighted by atomic mass is 10.2. The summed E-state index contributed by atoms with van der Waals surface area (Å²) < 4.78 is 5.47. The molecule has 104 valence electrons. The first kappa shape index (κ1) is 13.7. The zero-order valence-electron chi connectivity index (χ0n) is 11.3. The molecule has 0 aliphatic heterocycles. The van der Waals surface area contributed by atoms with Crippen molar-refractivity contribution in [1.82, 2.24) is 15.2 Å². The van der Waals surface area contributed by atoms with E-state index in [4.69, 9.17) is 4.74 Å². The van der Waals surface area contributed by atoms with E-state index >= 15 is 0 Å². The summed E-state index contributed by atoms with van der Waals surface area (Å²) in [7, 11) is 0. The Morgan fingerprint density at radius 1 is 1.40 bits per heavy atom. The first-order chi connectivity index (χ1) is 9.70. The highest BCUT2D eigenvalue weighted by Crippen LogP contribution is 2.15. The molecular weight excluding hydrogens is 258 g/mol. The Kier molecular flexibility index (Phi) is 4.43. The third kappa shape index (κ3) is 3.41. The van der Waals surface area contributed by atoms with Gasteiger partial charge in [0.15, 0.2) is 0 Å². The van der Waals surface area contributed by atoms with E-state index in [1.54, 1.807) is 13.1 Å². The number of para-hydroxylation sites is 1. The Labute approximate surface area is 115 Å². The lowest BCUT2D eigenvalue weighted by Crippen LogP contribution is -2.15. The summed E-state index contributed by atoms with van der Waals surface area (Å²) >= 11 is 0.